The van der Waals surface area contributed by atoms with Gasteiger partial charge in [-0.2, -0.15) is 0 Å². The first kappa shape index (κ1) is 27.0. The zero-order valence-corrected chi connectivity index (χ0v) is 22.6. The molecule has 5 aromatic rings. The van der Waals surface area contributed by atoms with Gasteiger partial charge in [-0.05, 0) is 48.4 Å². The predicted octanol–water partition coefficient (Wildman–Crippen LogP) is 6.40. The summed E-state index contributed by atoms with van der Waals surface area (Å²) in [6, 6.07) is 25.7. The van der Waals surface area contributed by atoms with E-state index in [0.717, 1.165) is 11.1 Å². The molecule has 0 bridgehead atoms. The van der Waals surface area contributed by atoms with Crippen LogP contribution in [0.3, 0.4) is 0 Å². The summed E-state index contributed by atoms with van der Waals surface area (Å²) in [5.74, 6) is 0.353. The maximum absolute atomic E-state index is 15.4. The van der Waals surface area contributed by atoms with Crippen molar-refractivity contribution in [1.29, 1.82) is 0 Å². The molecule has 0 amide bonds. The molecule has 0 N–H and O–H groups in total. The minimum atomic E-state index is -0.429. The second kappa shape index (κ2) is 12.1. The third kappa shape index (κ3) is 5.87. The number of hydrogen-bond donors (Lipinski definition) is 0. The van der Waals surface area contributed by atoms with E-state index in [0.29, 0.717) is 52.8 Å². The lowest BCUT2D eigenvalue weighted by molar-refractivity contribution is 0.0601. The maximum Gasteiger partial charge on any atom is 0.337 e. The summed E-state index contributed by atoms with van der Waals surface area (Å²) in [5.41, 5.74) is 4.70. The molecule has 204 valence electrons. The average molecular weight is 540 g/mol. The van der Waals surface area contributed by atoms with Gasteiger partial charge in [0.25, 0.3) is 0 Å². The number of ether oxygens (including phenoxy) is 3. The van der Waals surface area contributed by atoms with Crippen molar-refractivity contribution in [3.8, 4) is 17.1 Å². The second-order valence-electron chi connectivity index (χ2n) is 9.38. The smallest absolute Gasteiger partial charge is 0.337 e. The van der Waals surface area contributed by atoms with Crippen LogP contribution in [0.25, 0.3) is 22.3 Å². The van der Waals surface area contributed by atoms with Crippen LogP contribution in [0.2, 0.25) is 0 Å². The third-order valence-corrected chi connectivity index (χ3v) is 6.75. The van der Waals surface area contributed by atoms with Gasteiger partial charge in [0, 0.05) is 31.7 Å². The molecule has 2 aromatic heterocycles. The number of esters is 1. The number of nitrogens with zero attached hydrogens (tertiary/aromatic N) is 3. The van der Waals surface area contributed by atoms with Crippen LogP contribution in [0.5, 0.6) is 5.88 Å². The fraction of sp³-hybridized carbons (Fsp3) is 0.219. The lowest BCUT2D eigenvalue weighted by Gasteiger charge is -2.15. The minimum Gasteiger partial charge on any atom is -0.470 e. The predicted molar refractivity (Wildman–Crippen MR) is 151 cm³/mol. The lowest BCUT2D eigenvalue weighted by atomic mass is 10.1. The molecule has 7 nitrogen and oxygen atoms in total. The molecule has 3 aromatic carbocycles. The van der Waals surface area contributed by atoms with Crippen molar-refractivity contribution in [2.45, 2.75) is 26.0 Å². The number of hydrogen-bond acceptors (Lipinski definition) is 6. The number of rotatable bonds is 10. The number of benzene rings is 3. The summed E-state index contributed by atoms with van der Waals surface area (Å²) in [6.07, 6.45) is 0.0904. The van der Waals surface area contributed by atoms with Gasteiger partial charge >= 0.3 is 5.97 Å². The number of pyridine rings is 1. The highest BCUT2D eigenvalue weighted by Crippen LogP contribution is 2.27. The van der Waals surface area contributed by atoms with Crippen LogP contribution in [0.4, 0.5) is 4.39 Å². The molecule has 0 unspecified atom stereocenters. The Morgan fingerprint density at radius 3 is 2.52 bits per heavy atom. The molecule has 1 atom stereocenters. The molecule has 0 radical (unpaired) electrons. The van der Waals surface area contributed by atoms with Gasteiger partial charge in [-0.3, -0.25) is 0 Å². The lowest BCUT2D eigenvalue weighted by Crippen LogP contribution is -2.10. The SMILES string of the molecule is COCCn1c(Cc2ccc(-c3cccc(O[C@H](C)c4ccccc4)n3)cc2F)nc2ccc(C(=O)OC)cc21. The molecule has 2 heterocycles. The number of fused-ring (bicyclic) bond motifs is 1. The van der Waals surface area contributed by atoms with Gasteiger partial charge in [0.05, 0.1) is 36.0 Å². The quantitative estimate of drug-likeness (QED) is 0.191. The summed E-state index contributed by atoms with van der Waals surface area (Å²) >= 11 is 0. The van der Waals surface area contributed by atoms with Gasteiger partial charge in [0.15, 0.2) is 0 Å². The number of carbonyl (C=O) groups is 1. The zero-order chi connectivity index (χ0) is 28.1. The molecule has 5 rings (SSSR count). The molecule has 0 aliphatic carbocycles. The molecular formula is C32H30FN3O4. The fourth-order valence-corrected chi connectivity index (χ4v) is 4.62. The van der Waals surface area contributed by atoms with E-state index in [1.165, 1.54) is 13.2 Å². The molecule has 0 aliphatic rings. The highest BCUT2D eigenvalue weighted by Gasteiger charge is 2.17. The molecule has 0 spiro atoms. The molecule has 40 heavy (non-hydrogen) atoms. The maximum atomic E-state index is 15.4. The van der Waals surface area contributed by atoms with Gasteiger partial charge in [-0.15, -0.1) is 0 Å². The number of carbonyl (C=O) groups excluding carboxylic acids is 1. The number of halogens is 1. The van der Waals surface area contributed by atoms with Crippen LogP contribution < -0.4 is 4.74 Å². The summed E-state index contributed by atoms with van der Waals surface area (Å²) < 4.78 is 33.6. The molecule has 0 aliphatic heterocycles. The van der Waals surface area contributed by atoms with Crippen molar-refractivity contribution in [2.75, 3.05) is 20.8 Å². The normalized spacial score (nSPS) is 11.9. The van der Waals surface area contributed by atoms with Crippen LogP contribution in [0.1, 0.15) is 40.3 Å². The highest BCUT2D eigenvalue weighted by atomic mass is 19.1. The average Bonchev–Trinajstić information content (AvgIpc) is 3.33. The van der Waals surface area contributed by atoms with Crippen LogP contribution >= 0.6 is 0 Å². The zero-order valence-electron chi connectivity index (χ0n) is 22.6. The van der Waals surface area contributed by atoms with Gasteiger partial charge in [-0.25, -0.2) is 19.2 Å². The molecule has 0 saturated carbocycles. The number of aromatic nitrogens is 3. The molecule has 8 heteroatoms. The van der Waals surface area contributed by atoms with Crippen molar-refractivity contribution in [1.82, 2.24) is 14.5 Å². The van der Waals surface area contributed by atoms with E-state index in [-0.39, 0.29) is 18.3 Å². The van der Waals surface area contributed by atoms with E-state index in [4.69, 9.17) is 19.2 Å². The Bertz CT molecular complexity index is 1630. The Labute approximate surface area is 232 Å². The fourth-order valence-electron chi connectivity index (χ4n) is 4.62. The molecule has 0 saturated heterocycles. The van der Waals surface area contributed by atoms with Crippen LogP contribution in [0, 0.1) is 5.82 Å². The van der Waals surface area contributed by atoms with E-state index >= 15 is 4.39 Å². The molecular weight excluding hydrogens is 509 g/mol. The van der Waals surface area contributed by atoms with Crippen molar-refractivity contribution in [2.24, 2.45) is 0 Å². The van der Waals surface area contributed by atoms with Crippen molar-refractivity contribution < 1.29 is 23.4 Å². The van der Waals surface area contributed by atoms with E-state index in [2.05, 4.69) is 4.98 Å². The van der Waals surface area contributed by atoms with Crippen LogP contribution in [-0.4, -0.2) is 41.3 Å². The minimum absolute atomic E-state index is 0.177. The van der Waals surface area contributed by atoms with E-state index < -0.39 is 5.97 Å². The Morgan fingerprint density at radius 2 is 1.77 bits per heavy atom. The van der Waals surface area contributed by atoms with E-state index in [1.54, 1.807) is 37.4 Å². The standard InChI is InChI=1S/C32H30FN3O4/c1-21(22-8-5-4-6-9-22)40-31-11-7-10-27(35-31)24-13-12-23(26(33)18-24)20-30-34-28-15-14-25(32(37)39-3)19-29(28)36(30)16-17-38-2/h4-15,18-19,21H,16-17,20H2,1-3H3/t21-/m1/s1. The summed E-state index contributed by atoms with van der Waals surface area (Å²) in [4.78, 5) is 21.4. The Hall–Kier alpha value is -4.56. The van der Waals surface area contributed by atoms with Crippen molar-refractivity contribution in [3.05, 3.63) is 113 Å². The summed E-state index contributed by atoms with van der Waals surface area (Å²) in [7, 11) is 2.96. The van der Waals surface area contributed by atoms with E-state index in [9.17, 15) is 4.79 Å². The monoisotopic (exact) mass is 539 g/mol. The van der Waals surface area contributed by atoms with Crippen LogP contribution in [0.15, 0.2) is 84.9 Å². The largest absolute Gasteiger partial charge is 0.470 e. The van der Waals surface area contributed by atoms with Gasteiger partial charge in [0.1, 0.15) is 17.7 Å². The Balaban J connectivity index is 1.40. The second-order valence-corrected chi connectivity index (χ2v) is 9.38. The van der Waals surface area contributed by atoms with Crippen LogP contribution in [-0.2, 0) is 22.4 Å². The topological polar surface area (TPSA) is 75.5 Å². The van der Waals surface area contributed by atoms with Crippen molar-refractivity contribution in [3.63, 3.8) is 0 Å². The van der Waals surface area contributed by atoms with Crippen molar-refractivity contribution >= 4 is 17.0 Å². The van der Waals surface area contributed by atoms with Gasteiger partial charge < -0.3 is 18.8 Å². The Kier molecular flexibility index (Phi) is 8.17. The first-order valence-electron chi connectivity index (χ1n) is 13.0. The number of imidazole rings is 1. The highest BCUT2D eigenvalue weighted by molar-refractivity contribution is 5.93. The summed E-state index contributed by atoms with van der Waals surface area (Å²) in [6.45, 7) is 2.91. The van der Waals surface area contributed by atoms with Gasteiger partial charge in [-0.1, -0.05) is 48.5 Å². The summed E-state index contributed by atoms with van der Waals surface area (Å²) in [5, 5.41) is 0. The van der Waals surface area contributed by atoms with E-state index in [1.807, 2.05) is 60.0 Å². The number of methoxy groups -OCH3 is 2. The van der Waals surface area contributed by atoms with Gasteiger partial charge in [0.2, 0.25) is 5.88 Å². The first-order chi connectivity index (χ1) is 19.5. The third-order valence-electron chi connectivity index (χ3n) is 6.75. The first-order valence-corrected chi connectivity index (χ1v) is 13.0. The Morgan fingerprint density at radius 1 is 0.950 bits per heavy atom. The molecule has 0 fully saturated rings.